The number of phosphoric acid groups is 1. The fourth-order valence-corrected chi connectivity index (χ4v) is 7.18. The van der Waals surface area contributed by atoms with Crippen LogP contribution < -0.4 is 34.5 Å². The summed E-state index contributed by atoms with van der Waals surface area (Å²) in [6, 6.07) is 0. The van der Waals surface area contributed by atoms with Crippen molar-refractivity contribution in [3.8, 4) is 0 Å². The molecule has 0 aromatic heterocycles. The first-order valence-electron chi connectivity index (χ1n) is 22.0. The normalized spacial score (nSPS) is 12.7. The number of esters is 2. The Morgan fingerprint density at radius 2 is 0.685 bits per heavy atom. The molecule has 0 aliphatic rings. The van der Waals surface area contributed by atoms with Gasteiger partial charge in [-0.2, -0.15) is 0 Å². The molecule has 0 fully saturated rings. The molecule has 316 valence electrons. The van der Waals surface area contributed by atoms with E-state index >= 15 is 0 Å². The second kappa shape index (κ2) is 42.6. The van der Waals surface area contributed by atoms with Gasteiger partial charge in [0.2, 0.25) is 0 Å². The zero-order valence-corrected chi connectivity index (χ0v) is 38.1. The molecular formula is C42H82NaO10P. The molecule has 0 unspecified atom stereocenters. The van der Waals surface area contributed by atoms with Crippen LogP contribution in [0.3, 0.4) is 0 Å². The molecule has 0 aliphatic carbocycles. The van der Waals surface area contributed by atoms with Gasteiger partial charge in [-0.25, -0.2) is 0 Å². The molecule has 0 spiro atoms. The van der Waals surface area contributed by atoms with E-state index in [0.717, 1.165) is 38.5 Å². The number of phosphoric ester groups is 1. The maximum Gasteiger partial charge on any atom is 1.00 e. The minimum Gasteiger partial charge on any atom is -0.756 e. The van der Waals surface area contributed by atoms with Crippen LogP contribution >= 0.6 is 7.82 Å². The van der Waals surface area contributed by atoms with Gasteiger partial charge in [0.15, 0.2) is 0 Å². The molecule has 0 amide bonds. The van der Waals surface area contributed by atoms with E-state index in [-0.39, 0.29) is 42.4 Å². The van der Waals surface area contributed by atoms with Gasteiger partial charge < -0.3 is 33.6 Å². The third-order valence-electron chi connectivity index (χ3n) is 9.81. The molecule has 0 aliphatic heterocycles. The van der Waals surface area contributed by atoms with Crippen molar-refractivity contribution >= 4 is 19.8 Å². The van der Waals surface area contributed by atoms with E-state index < -0.39 is 58.4 Å². The molecule has 12 heteroatoms. The molecule has 2 N–H and O–H groups in total. The fraction of sp³-hybridized carbons (Fsp3) is 0.952. The van der Waals surface area contributed by atoms with Gasteiger partial charge in [-0.3, -0.25) is 14.2 Å². The minimum atomic E-state index is -4.88. The number of ether oxygens (including phenoxy) is 2. The summed E-state index contributed by atoms with van der Waals surface area (Å²) in [5, 5.41) is 19.1. The SMILES string of the molecule is CCCCCCCCCCCCCCCCCC(=O)O[C@@H](CO)COP(=O)([O-])OC[C@H](CO)OC(=O)CCCCCCCCCCCCCCCCC.[Na+]. The summed E-state index contributed by atoms with van der Waals surface area (Å²) in [6.07, 6.45) is 34.7. The molecule has 0 bridgehead atoms. The Bertz CT molecular complexity index is 801. The standard InChI is InChI=1S/C42H83O10P.Na/c1-3-5-7-9-11-13-15-17-19-21-23-25-27-29-31-33-41(45)51-39(35-43)37-49-53(47,48)50-38-40(36-44)52-42(46)34-32-30-28-26-24-22-20-18-16-14-12-10-8-6-4-2;/h39-40,43-44H,3-38H2,1-2H3,(H,47,48);/q;+1/p-1/t39-,40-;/m0./s1. The fourth-order valence-electron chi connectivity index (χ4n) is 6.41. The van der Waals surface area contributed by atoms with E-state index in [1.165, 1.54) is 141 Å². The Hall–Kier alpha value is -0.0300. The molecular weight excluding hydrogens is 718 g/mol. The van der Waals surface area contributed by atoms with Gasteiger partial charge in [-0.05, 0) is 12.8 Å². The smallest absolute Gasteiger partial charge is 0.756 e. The number of carbonyl (C=O) groups is 2. The van der Waals surface area contributed by atoms with Gasteiger partial charge in [0.25, 0.3) is 7.82 Å². The second-order valence-corrected chi connectivity index (χ2v) is 16.4. The van der Waals surface area contributed by atoms with Crippen molar-refractivity contribution in [3.05, 3.63) is 0 Å². The molecule has 0 aromatic carbocycles. The van der Waals surface area contributed by atoms with Crippen LogP contribution in [0.4, 0.5) is 0 Å². The Kier molecular flexibility index (Phi) is 44.2. The van der Waals surface area contributed by atoms with Gasteiger partial charge in [0.05, 0.1) is 26.4 Å². The van der Waals surface area contributed by atoms with Crippen molar-refractivity contribution in [2.45, 2.75) is 232 Å². The number of hydrogen-bond donors (Lipinski definition) is 2. The largest absolute Gasteiger partial charge is 1.00 e. The Morgan fingerprint density at radius 3 is 0.907 bits per heavy atom. The summed E-state index contributed by atoms with van der Waals surface area (Å²) in [5.41, 5.74) is 0. The summed E-state index contributed by atoms with van der Waals surface area (Å²) in [7, 11) is -4.88. The molecule has 0 rings (SSSR count). The molecule has 0 aromatic rings. The summed E-state index contributed by atoms with van der Waals surface area (Å²) >= 11 is 0. The molecule has 10 nitrogen and oxygen atoms in total. The second-order valence-electron chi connectivity index (χ2n) is 15.0. The summed E-state index contributed by atoms with van der Waals surface area (Å²) < 4.78 is 32.2. The molecule has 0 saturated carbocycles. The summed E-state index contributed by atoms with van der Waals surface area (Å²) in [4.78, 5) is 36.7. The predicted molar refractivity (Wildman–Crippen MR) is 213 cm³/mol. The van der Waals surface area contributed by atoms with E-state index in [2.05, 4.69) is 13.8 Å². The predicted octanol–water partition coefficient (Wildman–Crippen LogP) is 7.82. The molecule has 54 heavy (non-hydrogen) atoms. The zero-order chi connectivity index (χ0) is 39.1. The first kappa shape index (κ1) is 56.1. The Morgan fingerprint density at radius 1 is 0.463 bits per heavy atom. The number of aliphatic hydroxyl groups excluding tert-OH is 2. The van der Waals surface area contributed by atoms with Gasteiger partial charge in [-0.15, -0.1) is 0 Å². The van der Waals surface area contributed by atoms with Gasteiger partial charge in [0, 0.05) is 12.8 Å². The average Bonchev–Trinajstić information content (AvgIpc) is 3.14. The summed E-state index contributed by atoms with van der Waals surface area (Å²) in [6.45, 7) is 2.06. The van der Waals surface area contributed by atoms with E-state index in [1.54, 1.807) is 0 Å². The number of rotatable bonds is 42. The average molecular weight is 801 g/mol. The van der Waals surface area contributed by atoms with Crippen LogP contribution in [0.2, 0.25) is 0 Å². The van der Waals surface area contributed by atoms with Crippen molar-refractivity contribution in [2.24, 2.45) is 0 Å². The Balaban J connectivity index is 0. The van der Waals surface area contributed by atoms with E-state index in [0.29, 0.717) is 12.8 Å². The topological polar surface area (TPSA) is 152 Å². The minimum absolute atomic E-state index is 0. The van der Waals surface area contributed by atoms with Crippen molar-refractivity contribution in [2.75, 3.05) is 26.4 Å². The summed E-state index contributed by atoms with van der Waals surface area (Å²) in [5.74, 6) is -1.05. The molecule has 0 saturated heterocycles. The number of carbonyl (C=O) groups excluding carboxylic acids is 2. The van der Waals surface area contributed by atoms with Crippen LogP contribution in [0, 0.1) is 0 Å². The molecule has 0 heterocycles. The third kappa shape index (κ3) is 40.2. The van der Waals surface area contributed by atoms with Crippen molar-refractivity contribution < 1.29 is 77.3 Å². The van der Waals surface area contributed by atoms with Crippen molar-refractivity contribution in [3.63, 3.8) is 0 Å². The van der Waals surface area contributed by atoms with Crippen LogP contribution in [0.15, 0.2) is 0 Å². The first-order chi connectivity index (χ1) is 25.8. The van der Waals surface area contributed by atoms with Gasteiger partial charge >= 0.3 is 41.5 Å². The number of unbranched alkanes of at least 4 members (excludes halogenated alkanes) is 28. The zero-order valence-electron chi connectivity index (χ0n) is 35.2. The van der Waals surface area contributed by atoms with E-state index in [9.17, 15) is 29.3 Å². The Labute approximate surface area is 353 Å². The van der Waals surface area contributed by atoms with Crippen LogP contribution in [0.5, 0.6) is 0 Å². The number of hydrogen-bond acceptors (Lipinski definition) is 10. The molecule has 2 atom stereocenters. The van der Waals surface area contributed by atoms with Gasteiger partial charge in [-0.1, -0.05) is 194 Å². The first-order valence-corrected chi connectivity index (χ1v) is 23.4. The monoisotopic (exact) mass is 801 g/mol. The molecule has 0 radical (unpaired) electrons. The van der Waals surface area contributed by atoms with Crippen LogP contribution in [-0.2, 0) is 32.7 Å². The van der Waals surface area contributed by atoms with Crippen molar-refractivity contribution in [1.82, 2.24) is 0 Å². The van der Waals surface area contributed by atoms with Crippen LogP contribution in [0.25, 0.3) is 0 Å². The van der Waals surface area contributed by atoms with Crippen LogP contribution in [-0.4, -0.2) is 60.8 Å². The van der Waals surface area contributed by atoms with Crippen molar-refractivity contribution in [1.29, 1.82) is 0 Å². The maximum absolute atomic E-state index is 12.2. The number of aliphatic hydroxyl groups is 2. The van der Waals surface area contributed by atoms with Crippen LogP contribution in [0.1, 0.15) is 219 Å². The quantitative estimate of drug-likeness (QED) is 0.0271. The van der Waals surface area contributed by atoms with Gasteiger partial charge in [0.1, 0.15) is 12.2 Å². The van der Waals surface area contributed by atoms with E-state index in [4.69, 9.17) is 18.5 Å². The van der Waals surface area contributed by atoms with E-state index in [1.807, 2.05) is 0 Å². The maximum atomic E-state index is 12.2. The third-order valence-corrected chi connectivity index (χ3v) is 10.7.